The molecule has 3 amide bonds. The summed E-state index contributed by atoms with van der Waals surface area (Å²) in [5.74, 6) is -1.38. The summed E-state index contributed by atoms with van der Waals surface area (Å²) in [6.07, 6.45) is 4.45. The van der Waals surface area contributed by atoms with Gasteiger partial charge in [-0.1, -0.05) is 53.7 Å². The van der Waals surface area contributed by atoms with E-state index in [-0.39, 0.29) is 12.8 Å². The molecule has 0 radical (unpaired) electrons. The number of carbonyl (C=O) groups excluding carboxylic acids is 3. The van der Waals surface area contributed by atoms with E-state index in [4.69, 9.17) is 5.73 Å². The molecule has 226 valence electrons. The number of rotatable bonds is 9. The van der Waals surface area contributed by atoms with Gasteiger partial charge in [-0.3, -0.25) is 14.4 Å². The lowest BCUT2D eigenvalue weighted by atomic mass is 10.0. The van der Waals surface area contributed by atoms with E-state index in [2.05, 4.69) is 31.2 Å². The minimum atomic E-state index is -1.02. The molecule has 0 fully saturated rings. The molecule has 0 saturated heterocycles. The van der Waals surface area contributed by atoms with Crippen molar-refractivity contribution in [3.63, 3.8) is 0 Å². The van der Waals surface area contributed by atoms with Crippen molar-refractivity contribution in [2.24, 2.45) is 5.73 Å². The largest absolute Gasteiger partial charge is 0.391 e. The van der Waals surface area contributed by atoms with Crippen LogP contribution in [0.1, 0.15) is 55.1 Å². The van der Waals surface area contributed by atoms with Crippen molar-refractivity contribution in [1.82, 2.24) is 35.9 Å². The maximum absolute atomic E-state index is 14.0. The molecule has 2 aromatic heterocycles. The Labute approximate surface area is 249 Å². The summed E-state index contributed by atoms with van der Waals surface area (Å²) < 4.78 is 1.43. The predicted molar refractivity (Wildman–Crippen MR) is 161 cm³/mol. The quantitative estimate of drug-likeness (QED) is 0.161. The van der Waals surface area contributed by atoms with Crippen molar-refractivity contribution in [3.05, 3.63) is 83.8 Å². The summed E-state index contributed by atoms with van der Waals surface area (Å²) in [4.78, 5) is 44.7. The molecule has 2 bridgehead atoms. The minimum Gasteiger partial charge on any atom is -0.391 e. The molecule has 1 aliphatic heterocycles. The molecular formula is C31H38N8O4. The van der Waals surface area contributed by atoms with Crippen LogP contribution < -0.4 is 21.7 Å². The molecule has 5 atom stereocenters. The Morgan fingerprint density at radius 3 is 2.40 bits per heavy atom. The molecule has 3 heterocycles. The van der Waals surface area contributed by atoms with E-state index in [0.717, 1.165) is 22.0 Å². The molecule has 0 aliphatic carbocycles. The molecule has 0 spiro atoms. The third kappa shape index (κ3) is 7.09. The highest BCUT2D eigenvalue weighted by atomic mass is 16.3. The second-order valence-electron chi connectivity index (χ2n) is 11.0. The van der Waals surface area contributed by atoms with Crippen LogP contribution in [0.4, 0.5) is 0 Å². The Morgan fingerprint density at radius 1 is 0.907 bits per heavy atom. The van der Waals surface area contributed by atoms with E-state index in [0.29, 0.717) is 31.5 Å². The van der Waals surface area contributed by atoms with Crippen LogP contribution in [0.15, 0.2) is 67.0 Å². The standard InChI is InChI=1S/C31H38N8O4/c1-19(40)28-26-18-39(38-37-26)27(15-20-9-3-2-4-10-20)31(43)35-25(16-21-17-33-23-12-6-5-11-22(21)23)30(42)34-24(29(41)36-28)13-7-8-14-32/h2-6,9-12,17-19,24-25,27-28,33,40H,7-8,13-16,32H2,1H3,(H,34,42)(H,35,43)(H,36,41)/t19-,24-,25+,27-,28+/m1/s1. The number of hydrogen-bond donors (Lipinski definition) is 6. The zero-order valence-electron chi connectivity index (χ0n) is 24.1. The lowest BCUT2D eigenvalue weighted by Gasteiger charge is -2.26. The molecule has 2 aromatic carbocycles. The first-order chi connectivity index (χ1) is 20.8. The van der Waals surface area contributed by atoms with Gasteiger partial charge in [-0.05, 0) is 49.9 Å². The lowest BCUT2D eigenvalue weighted by molar-refractivity contribution is -0.133. The van der Waals surface area contributed by atoms with Crippen molar-refractivity contribution in [2.75, 3.05) is 6.54 Å². The molecule has 1 aliphatic rings. The minimum absolute atomic E-state index is 0.190. The van der Waals surface area contributed by atoms with Gasteiger partial charge in [0.1, 0.15) is 29.9 Å². The van der Waals surface area contributed by atoms with Gasteiger partial charge in [0.15, 0.2) is 0 Å². The highest BCUT2D eigenvalue weighted by Crippen LogP contribution is 2.22. The number of carbonyl (C=O) groups is 3. The fourth-order valence-corrected chi connectivity index (χ4v) is 5.46. The van der Waals surface area contributed by atoms with Gasteiger partial charge in [0.2, 0.25) is 17.7 Å². The van der Waals surface area contributed by atoms with Gasteiger partial charge in [0.05, 0.1) is 12.3 Å². The van der Waals surface area contributed by atoms with Crippen molar-refractivity contribution < 1.29 is 19.5 Å². The second-order valence-corrected chi connectivity index (χ2v) is 11.0. The Hall–Kier alpha value is -4.55. The van der Waals surface area contributed by atoms with Crippen molar-refractivity contribution >= 4 is 28.6 Å². The van der Waals surface area contributed by atoms with Crippen LogP contribution in [-0.2, 0) is 27.2 Å². The SMILES string of the molecule is C[C@@H](O)[C@@H]1NC(=O)[C@@H](CCCCN)NC(=O)[C@H](Cc2c[nH]c3ccccc23)NC(=O)[C@@H](Cc2ccccc2)n2cc1nn2. The number of amides is 3. The second kappa shape index (κ2) is 13.6. The summed E-state index contributed by atoms with van der Waals surface area (Å²) in [6.45, 7) is 1.99. The Balaban J connectivity index is 1.54. The summed E-state index contributed by atoms with van der Waals surface area (Å²) in [6, 6.07) is 13.5. The van der Waals surface area contributed by atoms with Crippen molar-refractivity contribution in [3.8, 4) is 0 Å². The van der Waals surface area contributed by atoms with Gasteiger partial charge in [-0.25, -0.2) is 4.68 Å². The van der Waals surface area contributed by atoms with Crippen LogP contribution in [0, 0.1) is 0 Å². The van der Waals surface area contributed by atoms with Crippen molar-refractivity contribution in [1.29, 1.82) is 0 Å². The van der Waals surface area contributed by atoms with E-state index >= 15 is 0 Å². The fraction of sp³-hybridized carbons (Fsp3) is 0.387. The average molecular weight is 587 g/mol. The molecule has 0 unspecified atom stereocenters. The van der Waals surface area contributed by atoms with Gasteiger partial charge >= 0.3 is 0 Å². The number of benzene rings is 2. The van der Waals surface area contributed by atoms with Crippen molar-refractivity contribution in [2.45, 2.75) is 69.3 Å². The van der Waals surface area contributed by atoms with Crippen LogP contribution in [0.3, 0.4) is 0 Å². The summed E-state index contributed by atoms with van der Waals surface area (Å²) >= 11 is 0. The zero-order valence-corrected chi connectivity index (χ0v) is 24.1. The smallest absolute Gasteiger partial charge is 0.245 e. The lowest BCUT2D eigenvalue weighted by Crippen LogP contribution is -2.55. The van der Waals surface area contributed by atoms with Crippen LogP contribution >= 0.6 is 0 Å². The van der Waals surface area contributed by atoms with E-state index < -0.39 is 48.0 Å². The van der Waals surface area contributed by atoms with Crippen LogP contribution in [-0.4, -0.2) is 67.5 Å². The molecule has 5 rings (SSSR count). The maximum Gasteiger partial charge on any atom is 0.245 e. The first-order valence-corrected chi connectivity index (χ1v) is 14.6. The molecule has 12 heteroatoms. The number of unbranched alkanes of at least 4 members (excludes halogenated alkanes) is 1. The van der Waals surface area contributed by atoms with E-state index in [1.165, 1.54) is 11.6 Å². The average Bonchev–Trinajstić information content (AvgIpc) is 3.65. The number of hydrogen-bond acceptors (Lipinski definition) is 7. The summed E-state index contributed by atoms with van der Waals surface area (Å²) in [7, 11) is 0. The number of fused-ring (bicyclic) bond motifs is 3. The number of para-hydroxylation sites is 1. The first kappa shape index (κ1) is 29.9. The van der Waals surface area contributed by atoms with E-state index in [1.807, 2.05) is 60.8 Å². The first-order valence-electron chi connectivity index (χ1n) is 14.6. The maximum atomic E-state index is 14.0. The molecule has 43 heavy (non-hydrogen) atoms. The normalized spacial score (nSPS) is 22.1. The molecule has 4 aromatic rings. The van der Waals surface area contributed by atoms with Gasteiger partial charge in [0.25, 0.3) is 0 Å². The van der Waals surface area contributed by atoms with Gasteiger partial charge in [-0.15, -0.1) is 5.10 Å². The number of nitrogens with one attached hydrogen (secondary N) is 4. The number of aromatic amines is 1. The Morgan fingerprint density at radius 2 is 1.63 bits per heavy atom. The molecule has 12 nitrogen and oxygen atoms in total. The van der Waals surface area contributed by atoms with Gasteiger partial charge in [0, 0.05) is 29.9 Å². The van der Waals surface area contributed by atoms with E-state index in [9.17, 15) is 19.5 Å². The summed E-state index contributed by atoms with van der Waals surface area (Å²) in [5.41, 5.74) is 8.64. The number of nitrogens with two attached hydrogens (primary N) is 1. The summed E-state index contributed by atoms with van der Waals surface area (Å²) in [5, 5.41) is 28.7. The number of aromatic nitrogens is 4. The molecule has 7 N–H and O–H groups in total. The van der Waals surface area contributed by atoms with Gasteiger partial charge < -0.3 is 31.8 Å². The monoisotopic (exact) mass is 586 g/mol. The fourth-order valence-electron chi connectivity index (χ4n) is 5.46. The van der Waals surface area contributed by atoms with Crippen LogP contribution in [0.25, 0.3) is 10.9 Å². The van der Waals surface area contributed by atoms with E-state index in [1.54, 1.807) is 6.20 Å². The van der Waals surface area contributed by atoms with Crippen LogP contribution in [0.5, 0.6) is 0 Å². The van der Waals surface area contributed by atoms with Crippen LogP contribution in [0.2, 0.25) is 0 Å². The molecule has 0 saturated carbocycles. The zero-order chi connectivity index (χ0) is 30.3. The topological polar surface area (TPSA) is 180 Å². The Bertz CT molecular complexity index is 1550. The number of aliphatic hydroxyl groups excluding tert-OH is 1. The Kier molecular flexibility index (Phi) is 9.48. The highest BCUT2D eigenvalue weighted by Gasteiger charge is 2.34. The van der Waals surface area contributed by atoms with Gasteiger partial charge in [-0.2, -0.15) is 0 Å². The number of H-pyrrole nitrogens is 1. The molecular weight excluding hydrogens is 548 g/mol. The number of aliphatic hydroxyl groups is 1. The predicted octanol–water partition coefficient (Wildman–Crippen LogP) is 1.44. The highest BCUT2D eigenvalue weighted by molar-refractivity contribution is 5.94. The number of nitrogens with zero attached hydrogens (tertiary/aromatic N) is 3. The third-order valence-electron chi connectivity index (χ3n) is 7.83. The third-order valence-corrected chi connectivity index (χ3v) is 7.83.